The van der Waals surface area contributed by atoms with Gasteiger partial charge in [0.2, 0.25) is 5.91 Å². The summed E-state index contributed by atoms with van der Waals surface area (Å²) >= 11 is 0. The van der Waals surface area contributed by atoms with E-state index < -0.39 is 5.41 Å². The van der Waals surface area contributed by atoms with Gasteiger partial charge in [-0.2, -0.15) is 0 Å². The van der Waals surface area contributed by atoms with E-state index in [1.54, 1.807) is 6.20 Å². The number of amides is 1. The highest BCUT2D eigenvalue weighted by atomic mass is 16.2. The number of carbonyl (C=O) groups excluding carboxylic acids is 1. The van der Waals surface area contributed by atoms with E-state index in [2.05, 4.69) is 31.2 Å². The van der Waals surface area contributed by atoms with Gasteiger partial charge in [0.1, 0.15) is 5.69 Å². The molecule has 1 saturated heterocycles. The van der Waals surface area contributed by atoms with Gasteiger partial charge in [-0.1, -0.05) is 24.3 Å². The number of anilines is 1. The molecule has 2 aliphatic rings. The Labute approximate surface area is 163 Å². The first-order chi connectivity index (χ1) is 13.7. The fourth-order valence-corrected chi connectivity index (χ4v) is 4.38. The lowest BCUT2D eigenvalue weighted by Crippen LogP contribution is -2.49. The van der Waals surface area contributed by atoms with Crippen molar-refractivity contribution in [2.75, 3.05) is 18.4 Å². The Kier molecular flexibility index (Phi) is 4.13. The smallest absolute Gasteiger partial charge is 0.236 e. The van der Waals surface area contributed by atoms with E-state index in [1.165, 1.54) is 0 Å². The number of likely N-dealkylation sites (tertiary alicyclic amines) is 1. The Morgan fingerprint density at radius 2 is 1.86 bits per heavy atom. The Hall–Kier alpha value is -3.12. The number of rotatable bonds is 3. The minimum Gasteiger partial charge on any atom is -0.325 e. The van der Waals surface area contributed by atoms with Crippen LogP contribution in [0.25, 0.3) is 11.5 Å². The van der Waals surface area contributed by atoms with Gasteiger partial charge >= 0.3 is 0 Å². The summed E-state index contributed by atoms with van der Waals surface area (Å²) < 4.78 is 0. The van der Waals surface area contributed by atoms with Crippen molar-refractivity contribution < 1.29 is 4.79 Å². The number of hydrogen-bond acceptors (Lipinski definition) is 5. The lowest BCUT2D eigenvalue weighted by Gasteiger charge is -2.39. The normalized spacial score (nSPS) is 21.5. The third kappa shape index (κ3) is 2.86. The summed E-state index contributed by atoms with van der Waals surface area (Å²) in [5.41, 5.74) is 3.46. The number of pyridine rings is 1. The van der Waals surface area contributed by atoms with E-state index in [1.807, 2.05) is 48.8 Å². The largest absolute Gasteiger partial charge is 0.325 e. The minimum absolute atomic E-state index is 0.125. The highest BCUT2D eigenvalue weighted by Crippen LogP contribution is 2.43. The summed E-state index contributed by atoms with van der Waals surface area (Å²) in [6.07, 6.45) is 7.35. The van der Waals surface area contributed by atoms with Gasteiger partial charge in [-0.15, -0.1) is 0 Å². The molecule has 1 aromatic carbocycles. The van der Waals surface area contributed by atoms with E-state index in [-0.39, 0.29) is 5.91 Å². The van der Waals surface area contributed by atoms with Crippen LogP contribution in [0.4, 0.5) is 5.69 Å². The van der Waals surface area contributed by atoms with E-state index >= 15 is 0 Å². The summed E-state index contributed by atoms with van der Waals surface area (Å²) in [5.74, 6) is 0.753. The van der Waals surface area contributed by atoms with Crippen molar-refractivity contribution in [1.82, 2.24) is 19.9 Å². The van der Waals surface area contributed by atoms with Gasteiger partial charge in [0.25, 0.3) is 0 Å². The number of benzene rings is 1. The quantitative estimate of drug-likeness (QED) is 0.766. The molecule has 140 valence electrons. The first-order valence-corrected chi connectivity index (χ1v) is 9.60. The molecule has 1 atom stereocenters. The lowest BCUT2D eigenvalue weighted by atomic mass is 9.75. The van der Waals surface area contributed by atoms with Crippen LogP contribution in [0.2, 0.25) is 0 Å². The highest BCUT2D eigenvalue weighted by molar-refractivity contribution is 6.06. The zero-order valence-corrected chi connectivity index (χ0v) is 15.5. The number of nitrogens with one attached hydrogen (secondary N) is 1. The maximum absolute atomic E-state index is 12.8. The Bertz CT molecular complexity index is 1000. The highest BCUT2D eigenvalue weighted by Gasteiger charge is 2.48. The molecule has 3 aromatic rings. The molecule has 6 heteroatoms. The third-order valence-corrected chi connectivity index (χ3v) is 5.70. The molecular weight excluding hydrogens is 350 g/mol. The summed E-state index contributed by atoms with van der Waals surface area (Å²) in [5, 5.41) is 3.07. The van der Waals surface area contributed by atoms with Crippen molar-refractivity contribution in [3.8, 4) is 11.5 Å². The van der Waals surface area contributed by atoms with Crippen molar-refractivity contribution in [2.24, 2.45) is 0 Å². The van der Waals surface area contributed by atoms with Crippen LogP contribution in [0.1, 0.15) is 24.0 Å². The summed E-state index contributed by atoms with van der Waals surface area (Å²) in [6.45, 7) is 2.43. The minimum atomic E-state index is -0.441. The molecule has 0 unspecified atom stereocenters. The van der Waals surface area contributed by atoms with Crippen molar-refractivity contribution in [1.29, 1.82) is 0 Å². The molecule has 2 aromatic heterocycles. The molecule has 1 spiro atoms. The van der Waals surface area contributed by atoms with Crippen LogP contribution in [-0.2, 0) is 16.8 Å². The van der Waals surface area contributed by atoms with Crippen molar-refractivity contribution in [2.45, 2.75) is 24.8 Å². The molecule has 4 heterocycles. The van der Waals surface area contributed by atoms with Crippen LogP contribution in [0.5, 0.6) is 0 Å². The maximum atomic E-state index is 12.8. The van der Waals surface area contributed by atoms with Gasteiger partial charge in [0.05, 0.1) is 5.41 Å². The average Bonchev–Trinajstić information content (AvgIpc) is 3.00. The zero-order valence-electron chi connectivity index (χ0n) is 15.5. The Morgan fingerprint density at radius 1 is 1.04 bits per heavy atom. The molecule has 0 aliphatic carbocycles. The Morgan fingerprint density at radius 3 is 2.68 bits per heavy atom. The van der Waals surface area contributed by atoms with E-state index in [9.17, 15) is 4.79 Å². The molecular formula is C22H21N5O. The van der Waals surface area contributed by atoms with Crippen molar-refractivity contribution >= 4 is 11.6 Å². The topological polar surface area (TPSA) is 71.0 Å². The summed E-state index contributed by atoms with van der Waals surface area (Å²) in [4.78, 5) is 28.4. The number of nitrogens with zero attached hydrogens (tertiary/aromatic N) is 4. The summed E-state index contributed by atoms with van der Waals surface area (Å²) in [7, 11) is 0. The fraction of sp³-hybridized carbons (Fsp3) is 0.273. The monoisotopic (exact) mass is 371 g/mol. The van der Waals surface area contributed by atoms with Crippen LogP contribution in [0.15, 0.2) is 61.1 Å². The van der Waals surface area contributed by atoms with Gasteiger partial charge in [-0.05, 0) is 43.1 Å². The predicted octanol–water partition coefficient (Wildman–Crippen LogP) is 3.02. The van der Waals surface area contributed by atoms with Crippen LogP contribution in [-0.4, -0.2) is 38.8 Å². The fourth-order valence-electron chi connectivity index (χ4n) is 4.38. The second kappa shape index (κ2) is 6.80. The number of fused-ring (bicyclic) bond motifs is 2. The average molecular weight is 371 g/mol. The standard InChI is InChI=1S/C22H21N5O/c28-21-22(17-6-1-2-7-18(17)26-21)9-5-11-27(15-22)14-16-12-24-20(25-13-16)19-8-3-4-10-23-19/h1-4,6-8,10,12-13H,5,9,11,14-15H2,(H,26,28)/t22-/m1/s1. The van der Waals surface area contributed by atoms with Gasteiger partial charge < -0.3 is 5.32 Å². The molecule has 0 saturated carbocycles. The van der Waals surface area contributed by atoms with Crippen LogP contribution >= 0.6 is 0 Å². The number of piperidine rings is 1. The van der Waals surface area contributed by atoms with Gasteiger partial charge in [0, 0.05) is 42.9 Å². The van der Waals surface area contributed by atoms with Gasteiger partial charge in [-0.3, -0.25) is 14.7 Å². The molecule has 0 bridgehead atoms. The Balaban J connectivity index is 1.35. The van der Waals surface area contributed by atoms with Crippen molar-refractivity contribution in [3.05, 3.63) is 72.2 Å². The molecule has 28 heavy (non-hydrogen) atoms. The molecule has 0 radical (unpaired) electrons. The van der Waals surface area contributed by atoms with E-state index in [0.717, 1.165) is 55.0 Å². The van der Waals surface area contributed by atoms with Gasteiger partial charge in [-0.25, -0.2) is 9.97 Å². The van der Waals surface area contributed by atoms with Crippen molar-refractivity contribution in [3.63, 3.8) is 0 Å². The second-order valence-electron chi connectivity index (χ2n) is 7.53. The number of hydrogen-bond donors (Lipinski definition) is 1. The van der Waals surface area contributed by atoms with E-state index in [4.69, 9.17) is 0 Å². The molecule has 2 aliphatic heterocycles. The number of para-hydroxylation sites is 1. The number of carbonyl (C=O) groups is 1. The lowest BCUT2D eigenvalue weighted by molar-refractivity contribution is -0.122. The molecule has 6 nitrogen and oxygen atoms in total. The predicted molar refractivity (Wildman–Crippen MR) is 107 cm³/mol. The third-order valence-electron chi connectivity index (χ3n) is 5.70. The molecule has 1 N–H and O–H groups in total. The summed E-state index contributed by atoms with van der Waals surface area (Å²) in [6, 6.07) is 13.8. The maximum Gasteiger partial charge on any atom is 0.236 e. The SMILES string of the molecule is O=C1Nc2ccccc2[C@]12CCCN(Cc1cnc(-c3ccccn3)nc1)C2. The van der Waals surface area contributed by atoms with E-state index in [0.29, 0.717) is 5.82 Å². The molecule has 1 amide bonds. The van der Waals surface area contributed by atoms with Crippen LogP contribution in [0.3, 0.4) is 0 Å². The number of aromatic nitrogens is 3. The van der Waals surface area contributed by atoms with Crippen LogP contribution in [0, 0.1) is 0 Å². The van der Waals surface area contributed by atoms with Gasteiger partial charge in [0.15, 0.2) is 5.82 Å². The zero-order chi connectivity index (χ0) is 19.0. The second-order valence-corrected chi connectivity index (χ2v) is 7.53. The molecule has 1 fully saturated rings. The molecule has 5 rings (SSSR count). The first-order valence-electron chi connectivity index (χ1n) is 9.60. The van der Waals surface area contributed by atoms with Crippen LogP contribution < -0.4 is 5.32 Å². The first kappa shape index (κ1) is 17.0.